The lowest BCUT2D eigenvalue weighted by Crippen LogP contribution is -2.29. The molecule has 1 amide bonds. The Bertz CT molecular complexity index is 477. The topological polar surface area (TPSA) is 75.6 Å². The summed E-state index contributed by atoms with van der Waals surface area (Å²) >= 11 is 3.30. The van der Waals surface area contributed by atoms with Crippen LogP contribution < -0.4 is 5.32 Å². The van der Waals surface area contributed by atoms with E-state index in [1.165, 1.54) is 0 Å². The summed E-state index contributed by atoms with van der Waals surface area (Å²) in [4.78, 5) is 22.6. The van der Waals surface area contributed by atoms with Crippen LogP contribution in [-0.4, -0.2) is 29.2 Å². The second-order valence-electron chi connectivity index (χ2n) is 4.03. The molecule has 0 aromatic heterocycles. The minimum absolute atomic E-state index is 0.308. The monoisotopic (exact) mass is 313 g/mol. The number of benzene rings is 1. The smallest absolute Gasteiger partial charge is 0.332 e. The van der Waals surface area contributed by atoms with Crippen molar-refractivity contribution in [1.82, 2.24) is 0 Å². The summed E-state index contributed by atoms with van der Waals surface area (Å²) in [6, 6.07) is 7.17. The zero-order valence-corrected chi connectivity index (χ0v) is 11.0. The van der Waals surface area contributed by atoms with E-state index in [1.54, 1.807) is 18.2 Å². The van der Waals surface area contributed by atoms with Crippen molar-refractivity contribution in [2.24, 2.45) is 0 Å². The van der Waals surface area contributed by atoms with E-state index >= 15 is 0 Å². The molecule has 2 rings (SSSR count). The zero-order chi connectivity index (χ0) is 13.1. The maximum absolute atomic E-state index is 11.8. The molecule has 18 heavy (non-hydrogen) atoms. The third-order valence-corrected chi connectivity index (χ3v) is 3.17. The number of nitrogens with one attached hydrogen (secondary N) is 1. The summed E-state index contributed by atoms with van der Waals surface area (Å²) in [5, 5.41) is 11.5. The van der Waals surface area contributed by atoms with Gasteiger partial charge in [-0.1, -0.05) is 22.0 Å². The number of carbonyl (C=O) groups excluding carboxylic acids is 1. The number of amides is 1. The average Bonchev–Trinajstić information content (AvgIpc) is 2.78. The number of aliphatic carboxylic acids is 1. The fourth-order valence-corrected chi connectivity index (χ4v) is 2.20. The number of carboxylic acid groups (broad SMARTS) is 1. The lowest BCUT2D eigenvalue weighted by atomic mass is 10.2. The Labute approximate surface area is 112 Å². The second-order valence-corrected chi connectivity index (χ2v) is 4.94. The standard InChI is InChI=1S/C12H12BrNO4/c13-7-2-1-3-8(6-7)14-11(15)9-4-5-10(18-9)12(16)17/h1-3,6,9-10H,4-5H2,(H,14,15)(H,16,17). The lowest BCUT2D eigenvalue weighted by Gasteiger charge is -2.11. The number of hydrogen-bond donors (Lipinski definition) is 2. The van der Waals surface area contributed by atoms with E-state index in [-0.39, 0.29) is 5.91 Å². The van der Waals surface area contributed by atoms with Gasteiger partial charge in [-0.15, -0.1) is 0 Å². The molecule has 0 saturated carbocycles. The first-order chi connectivity index (χ1) is 8.56. The molecule has 5 nitrogen and oxygen atoms in total. The molecule has 0 spiro atoms. The van der Waals surface area contributed by atoms with Crippen LogP contribution in [0.2, 0.25) is 0 Å². The zero-order valence-electron chi connectivity index (χ0n) is 9.43. The van der Waals surface area contributed by atoms with Crippen LogP contribution in [0.25, 0.3) is 0 Å². The van der Waals surface area contributed by atoms with Crippen LogP contribution in [0.3, 0.4) is 0 Å². The quantitative estimate of drug-likeness (QED) is 0.895. The van der Waals surface area contributed by atoms with Crippen LogP contribution in [0.4, 0.5) is 5.69 Å². The first kappa shape index (κ1) is 13.0. The van der Waals surface area contributed by atoms with Crippen molar-refractivity contribution in [1.29, 1.82) is 0 Å². The Kier molecular flexibility index (Phi) is 3.98. The van der Waals surface area contributed by atoms with Crippen molar-refractivity contribution in [2.75, 3.05) is 5.32 Å². The molecule has 1 heterocycles. The Balaban J connectivity index is 1.95. The highest BCUT2D eigenvalue weighted by Crippen LogP contribution is 2.22. The molecule has 0 bridgehead atoms. The Morgan fingerprint density at radius 1 is 1.33 bits per heavy atom. The highest BCUT2D eigenvalue weighted by Gasteiger charge is 2.34. The third kappa shape index (κ3) is 3.08. The summed E-state index contributed by atoms with van der Waals surface area (Å²) in [5.74, 6) is -1.33. The molecule has 0 aliphatic carbocycles. The summed E-state index contributed by atoms with van der Waals surface area (Å²) in [7, 11) is 0. The van der Waals surface area contributed by atoms with E-state index < -0.39 is 18.2 Å². The number of ether oxygens (including phenoxy) is 1. The van der Waals surface area contributed by atoms with Gasteiger partial charge in [0.2, 0.25) is 0 Å². The van der Waals surface area contributed by atoms with Gasteiger partial charge in [0, 0.05) is 10.2 Å². The van der Waals surface area contributed by atoms with Crippen molar-refractivity contribution in [2.45, 2.75) is 25.0 Å². The summed E-state index contributed by atoms with van der Waals surface area (Å²) < 4.78 is 6.02. The van der Waals surface area contributed by atoms with E-state index in [1.807, 2.05) is 6.07 Å². The van der Waals surface area contributed by atoms with Crippen LogP contribution in [-0.2, 0) is 14.3 Å². The van der Waals surface area contributed by atoms with Crippen molar-refractivity contribution in [3.8, 4) is 0 Å². The van der Waals surface area contributed by atoms with Gasteiger partial charge in [0.25, 0.3) is 5.91 Å². The van der Waals surface area contributed by atoms with Crippen LogP contribution in [0.1, 0.15) is 12.8 Å². The molecule has 1 fully saturated rings. The van der Waals surface area contributed by atoms with Crippen LogP contribution in [0, 0.1) is 0 Å². The minimum atomic E-state index is -1.02. The molecule has 1 aliphatic heterocycles. The van der Waals surface area contributed by atoms with E-state index in [2.05, 4.69) is 21.2 Å². The molecule has 1 aliphatic rings. The van der Waals surface area contributed by atoms with Gasteiger partial charge in [-0.2, -0.15) is 0 Å². The highest BCUT2D eigenvalue weighted by molar-refractivity contribution is 9.10. The van der Waals surface area contributed by atoms with E-state index in [9.17, 15) is 9.59 Å². The number of carboxylic acids is 1. The number of anilines is 1. The first-order valence-corrected chi connectivity index (χ1v) is 6.30. The predicted octanol–water partition coefficient (Wildman–Crippen LogP) is 2.02. The first-order valence-electron chi connectivity index (χ1n) is 5.51. The number of carbonyl (C=O) groups is 2. The van der Waals surface area contributed by atoms with Gasteiger partial charge in [0.15, 0.2) is 6.10 Å². The largest absolute Gasteiger partial charge is 0.479 e. The highest BCUT2D eigenvalue weighted by atomic mass is 79.9. The number of hydrogen-bond acceptors (Lipinski definition) is 3. The van der Waals surface area contributed by atoms with Gasteiger partial charge in [-0.25, -0.2) is 4.79 Å². The Hall–Kier alpha value is -1.40. The molecule has 96 valence electrons. The number of halogens is 1. The summed E-state index contributed by atoms with van der Waals surface area (Å²) in [6.45, 7) is 0. The van der Waals surface area contributed by atoms with Crippen molar-refractivity contribution in [3.63, 3.8) is 0 Å². The summed E-state index contributed by atoms with van der Waals surface area (Å²) in [6.07, 6.45) is -0.767. The lowest BCUT2D eigenvalue weighted by molar-refractivity contribution is -0.150. The summed E-state index contributed by atoms with van der Waals surface area (Å²) in [5.41, 5.74) is 0.650. The van der Waals surface area contributed by atoms with E-state index in [4.69, 9.17) is 9.84 Å². The van der Waals surface area contributed by atoms with Gasteiger partial charge in [-0.3, -0.25) is 4.79 Å². The second kappa shape index (κ2) is 5.49. The van der Waals surface area contributed by atoms with Gasteiger partial charge < -0.3 is 15.2 Å². The van der Waals surface area contributed by atoms with Gasteiger partial charge in [0.1, 0.15) is 6.10 Å². The molecule has 1 saturated heterocycles. The SMILES string of the molecule is O=C(O)C1CCC(C(=O)Nc2cccc(Br)c2)O1. The van der Waals surface area contributed by atoms with Gasteiger partial charge in [-0.05, 0) is 31.0 Å². The van der Waals surface area contributed by atoms with Gasteiger partial charge in [0.05, 0.1) is 0 Å². The van der Waals surface area contributed by atoms with Crippen molar-refractivity contribution < 1.29 is 19.4 Å². The minimum Gasteiger partial charge on any atom is -0.479 e. The van der Waals surface area contributed by atoms with Crippen LogP contribution in [0.5, 0.6) is 0 Å². The number of rotatable bonds is 3. The predicted molar refractivity (Wildman–Crippen MR) is 68.3 cm³/mol. The molecule has 2 unspecified atom stereocenters. The van der Waals surface area contributed by atoms with Crippen LogP contribution in [0.15, 0.2) is 28.7 Å². The van der Waals surface area contributed by atoms with Crippen molar-refractivity contribution in [3.05, 3.63) is 28.7 Å². The normalized spacial score (nSPS) is 22.7. The maximum Gasteiger partial charge on any atom is 0.332 e. The molecule has 1 aromatic carbocycles. The molecular weight excluding hydrogens is 302 g/mol. The fourth-order valence-electron chi connectivity index (χ4n) is 1.80. The van der Waals surface area contributed by atoms with Crippen LogP contribution >= 0.6 is 15.9 Å². The molecular formula is C12H12BrNO4. The van der Waals surface area contributed by atoms with Crippen molar-refractivity contribution >= 4 is 33.5 Å². The third-order valence-electron chi connectivity index (χ3n) is 2.68. The van der Waals surface area contributed by atoms with E-state index in [0.717, 1.165) is 4.47 Å². The Morgan fingerprint density at radius 3 is 2.67 bits per heavy atom. The Morgan fingerprint density at radius 2 is 2.06 bits per heavy atom. The maximum atomic E-state index is 11.8. The molecule has 2 atom stereocenters. The molecule has 1 aromatic rings. The molecule has 6 heteroatoms. The molecule has 0 radical (unpaired) electrons. The fraction of sp³-hybridized carbons (Fsp3) is 0.333. The van der Waals surface area contributed by atoms with E-state index in [0.29, 0.717) is 18.5 Å². The molecule has 2 N–H and O–H groups in total. The van der Waals surface area contributed by atoms with Gasteiger partial charge >= 0.3 is 5.97 Å². The average molecular weight is 314 g/mol.